The molecule has 138 valence electrons. The first-order chi connectivity index (χ1) is 13.0. The first-order valence-electron chi connectivity index (χ1n) is 9.13. The van der Waals surface area contributed by atoms with Crippen molar-refractivity contribution in [3.8, 4) is 0 Å². The summed E-state index contributed by atoms with van der Waals surface area (Å²) in [6.45, 7) is 0.575. The fraction of sp³-hybridized carbons (Fsp3) is 0.273. The van der Waals surface area contributed by atoms with E-state index in [0.29, 0.717) is 12.1 Å². The van der Waals surface area contributed by atoms with E-state index in [1.807, 2.05) is 36.4 Å². The first kappa shape index (κ1) is 18.0. The van der Waals surface area contributed by atoms with Crippen molar-refractivity contribution in [2.75, 3.05) is 6.54 Å². The Bertz CT molecular complexity index is 1080. The SMILES string of the molecule is Cn1c(=O)cc(C(=O)NCC2(c3cccc(Br)c3)CCC2)c2ccccc21. The Morgan fingerprint density at radius 3 is 2.63 bits per heavy atom. The number of nitrogens with zero attached hydrogens (tertiary/aromatic N) is 1. The Hall–Kier alpha value is -2.40. The van der Waals surface area contributed by atoms with Gasteiger partial charge in [0.2, 0.25) is 0 Å². The third-order valence-electron chi connectivity index (χ3n) is 5.73. The Labute approximate surface area is 166 Å². The number of hydrogen-bond acceptors (Lipinski definition) is 2. The summed E-state index contributed by atoms with van der Waals surface area (Å²) in [4.78, 5) is 25.2. The monoisotopic (exact) mass is 424 g/mol. The summed E-state index contributed by atoms with van der Waals surface area (Å²) in [7, 11) is 1.73. The number of benzene rings is 2. The molecule has 0 atom stereocenters. The molecule has 1 N–H and O–H groups in total. The fourth-order valence-corrected chi connectivity index (χ4v) is 4.33. The molecule has 5 heteroatoms. The van der Waals surface area contributed by atoms with Crippen LogP contribution < -0.4 is 10.9 Å². The minimum Gasteiger partial charge on any atom is -0.351 e. The number of hydrogen-bond donors (Lipinski definition) is 1. The summed E-state index contributed by atoms with van der Waals surface area (Å²) < 4.78 is 2.62. The van der Waals surface area contributed by atoms with Gasteiger partial charge in [0.15, 0.2) is 0 Å². The molecule has 1 fully saturated rings. The van der Waals surface area contributed by atoms with Crippen LogP contribution in [-0.2, 0) is 12.5 Å². The standard InChI is InChI=1S/C22H21BrN2O2/c1-25-19-9-3-2-8-17(19)18(13-20(25)26)21(27)24-14-22(10-5-11-22)15-6-4-7-16(23)12-15/h2-4,6-9,12-13H,5,10-11,14H2,1H3,(H,24,27). The van der Waals surface area contributed by atoms with Crippen molar-refractivity contribution in [1.29, 1.82) is 0 Å². The highest BCUT2D eigenvalue weighted by Crippen LogP contribution is 2.43. The molecular weight excluding hydrogens is 404 g/mol. The molecule has 1 amide bonds. The number of amides is 1. The first-order valence-corrected chi connectivity index (χ1v) is 9.92. The lowest BCUT2D eigenvalue weighted by atomic mass is 9.64. The molecule has 3 aromatic rings. The minimum absolute atomic E-state index is 0.0189. The molecule has 1 aliphatic rings. The second-order valence-electron chi connectivity index (χ2n) is 7.30. The van der Waals surface area contributed by atoms with Crippen LogP contribution >= 0.6 is 15.9 Å². The predicted molar refractivity (Wildman–Crippen MR) is 111 cm³/mol. The molecule has 0 spiro atoms. The lowest BCUT2D eigenvalue weighted by molar-refractivity contribution is 0.0929. The van der Waals surface area contributed by atoms with Crippen LogP contribution in [-0.4, -0.2) is 17.0 Å². The van der Waals surface area contributed by atoms with Crippen LogP contribution in [0.3, 0.4) is 0 Å². The molecule has 1 heterocycles. The van der Waals surface area contributed by atoms with E-state index < -0.39 is 0 Å². The van der Waals surface area contributed by atoms with E-state index in [2.05, 4.69) is 33.4 Å². The fourth-order valence-electron chi connectivity index (χ4n) is 3.93. The van der Waals surface area contributed by atoms with Gasteiger partial charge < -0.3 is 9.88 Å². The number of aromatic nitrogens is 1. The minimum atomic E-state index is -0.190. The third-order valence-corrected chi connectivity index (χ3v) is 6.23. The van der Waals surface area contributed by atoms with Gasteiger partial charge >= 0.3 is 0 Å². The van der Waals surface area contributed by atoms with Crippen LogP contribution in [0.4, 0.5) is 0 Å². The van der Waals surface area contributed by atoms with Gasteiger partial charge in [-0.15, -0.1) is 0 Å². The van der Waals surface area contributed by atoms with Gasteiger partial charge in [0, 0.05) is 34.9 Å². The van der Waals surface area contributed by atoms with Gasteiger partial charge in [0.1, 0.15) is 0 Å². The summed E-state index contributed by atoms with van der Waals surface area (Å²) in [5.74, 6) is -0.190. The van der Waals surface area contributed by atoms with E-state index in [0.717, 1.165) is 34.6 Å². The summed E-state index contributed by atoms with van der Waals surface area (Å²) in [6.07, 6.45) is 3.28. The number of carbonyl (C=O) groups excluding carboxylic acids is 1. The molecule has 0 aliphatic heterocycles. The zero-order valence-electron chi connectivity index (χ0n) is 15.2. The molecule has 0 radical (unpaired) electrons. The van der Waals surface area contributed by atoms with Gasteiger partial charge in [-0.2, -0.15) is 0 Å². The predicted octanol–water partition coefficient (Wildman–Crippen LogP) is 4.15. The van der Waals surface area contributed by atoms with Gasteiger partial charge in [0.25, 0.3) is 11.5 Å². The maximum atomic E-state index is 12.9. The molecule has 1 aromatic heterocycles. The van der Waals surface area contributed by atoms with E-state index in [1.165, 1.54) is 11.6 Å². The normalized spacial score (nSPS) is 15.3. The topological polar surface area (TPSA) is 51.1 Å². The second kappa shape index (κ2) is 6.97. The average Bonchev–Trinajstić information content (AvgIpc) is 2.64. The van der Waals surface area contributed by atoms with E-state index in [-0.39, 0.29) is 16.9 Å². The van der Waals surface area contributed by atoms with Crippen LogP contribution in [0.15, 0.2) is 63.9 Å². The average molecular weight is 425 g/mol. The highest BCUT2D eigenvalue weighted by molar-refractivity contribution is 9.10. The Morgan fingerprint density at radius 1 is 1.15 bits per heavy atom. The quantitative estimate of drug-likeness (QED) is 0.683. The van der Waals surface area contributed by atoms with Crippen LogP contribution in [0, 0.1) is 0 Å². The molecule has 2 aromatic carbocycles. The van der Waals surface area contributed by atoms with E-state index in [1.54, 1.807) is 11.6 Å². The number of rotatable bonds is 4. The largest absolute Gasteiger partial charge is 0.351 e. The second-order valence-corrected chi connectivity index (χ2v) is 8.22. The van der Waals surface area contributed by atoms with Crippen molar-refractivity contribution >= 4 is 32.7 Å². The lowest BCUT2D eigenvalue weighted by Gasteiger charge is -2.42. The van der Waals surface area contributed by atoms with Crippen LogP contribution in [0.1, 0.15) is 35.2 Å². The summed E-state index contributed by atoms with van der Waals surface area (Å²) in [5.41, 5.74) is 2.26. The van der Waals surface area contributed by atoms with Crippen molar-refractivity contribution in [2.45, 2.75) is 24.7 Å². The number of halogens is 1. The van der Waals surface area contributed by atoms with Crippen molar-refractivity contribution in [3.05, 3.63) is 80.6 Å². The Kier molecular flexibility index (Phi) is 4.64. The maximum Gasteiger partial charge on any atom is 0.252 e. The maximum absolute atomic E-state index is 12.9. The highest BCUT2D eigenvalue weighted by Gasteiger charge is 2.39. The molecule has 27 heavy (non-hydrogen) atoms. The van der Waals surface area contributed by atoms with Gasteiger partial charge in [-0.25, -0.2) is 0 Å². The number of para-hydroxylation sites is 1. The van der Waals surface area contributed by atoms with Gasteiger partial charge in [0.05, 0.1) is 11.1 Å². The molecule has 0 bridgehead atoms. The molecule has 4 rings (SSSR count). The molecule has 0 saturated heterocycles. The number of nitrogens with one attached hydrogen (secondary N) is 1. The van der Waals surface area contributed by atoms with Crippen LogP contribution in [0.5, 0.6) is 0 Å². The lowest BCUT2D eigenvalue weighted by Crippen LogP contribution is -2.45. The summed E-state index contributed by atoms with van der Waals surface area (Å²) >= 11 is 3.54. The molecule has 1 saturated carbocycles. The van der Waals surface area contributed by atoms with Crippen molar-refractivity contribution in [3.63, 3.8) is 0 Å². The Morgan fingerprint density at radius 2 is 1.93 bits per heavy atom. The number of pyridine rings is 1. The number of aryl methyl sites for hydroxylation is 1. The zero-order valence-corrected chi connectivity index (χ0v) is 16.8. The molecule has 4 nitrogen and oxygen atoms in total. The van der Waals surface area contributed by atoms with E-state index >= 15 is 0 Å². The van der Waals surface area contributed by atoms with Crippen LogP contribution in [0.25, 0.3) is 10.9 Å². The zero-order chi connectivity index (χ0) is 19.0. The number of fused-ring (bicyclic) bond motifs is 1. The molecular formula is C22H21BrN2O2. The number of carbonyl (C=O) groups is 1. The smallest absolute Gasteiger partial charge is 0.252 e. The summed E-state index contributed by atoms with van der Waals surface area (Å²) in [6, 6.07) is 17.3. The van der Waals surface area contributed by atoms with E-state index in [4.69, 9.17) is 0 Å². The van der Waals surface area contributed by atoms with Crippen molar-refractivity contribution < 1.29 is 4.79 Å². The van der Waals surface area contributed by atoms with Crippen molar-refractivity contribution in [2.24, 2.45) is 7.05 Å². The van der Waals surface area contributed by atoms with Crippen molar-refractivity contribution in [1.82, 2.24) is 9.88 Å². The molecule has 0 unspecified atom stereocenters. The van der Waals surface area contributed by atoms with Crippen LogP contribution in [0.2, 0.25) is 0 Å². The van der Waals surface area contributed by atoms with E-state index in [9.17, 15) is 9.59 Å². The Balaban J connectivity index is 1.63. The highest BCUT2D eigenvalue weighted by atomic mass is 79.9. The van der Waals surface area contributed by atoms with Gasteiger partial charge in [-0.05, 0) is 36.6 Å². The van der Waals surface area contributed by atoms with Gasteiger partial charge in [-0.3, -0.25) is 9.59 Å². The summed E-state index contributed by atoms with van der Waals surface area (Å²) in [5, 5.41) is 3.89. The third kappa shape index (κ3) is 3.21. The van der Waals surface area contributed by atoms with Gasteiger partial charge in [-0.1, -0.05) is 52.7 Å². The molecule has 1 aliphatic carbocycles.